The molecule has 0 spiro atoms. The van der Waals surface area contributed by atoms with Gasteiger partial charge in [0.05, 0.1) is 11.2 Å². The van der Waals surface area contributed by atoms with Crippen LogP contribution in [0.2, 0.25) is 15.1 Å². The zero-order valence-electron chi connectivity index (χ0n) is 13.2. The Morgan fingerprint density at radius 3 is 2.46 bits per heavy atom. The van der Waals surface area contributed by atoms with Crippen molar-refractivity contribution in [2.24, 2.45) is 0 Å². The van der Waals surface area contributed by atoms with Crippen LogP contribution in [-0.4, -0.2) is 15.9 Å². The molecule has 0 aliphatic rings. The van der Waals surface area contributed by atoms with Gasteiger partial charge in [0.2, 0.25) is 0 Å². The van der Waals surface area contributed by atoms with Crippen LogP contribution in [0.15, 0.2) is 59.9 Å². The first-order valence-electron chi connectivity index (χ1n) is 7.48. The van der Waals surface area contributed by atoms with Crippen LogP contribution in [-0.2, 0) is 5.75 Å². The molecule has 0 unspecified atom stereocenters. The third-order valence-corrected chi connectivity index (χ3v) is 5.16. The number of hydrogen-bond acceptors (Lipinski definition) is 4. The van der Waals surface area contributed by atoms with Crippen LogP contribution in [0.1, 0.15) is 16.1 Å². The molecule has 8 heteroatoms. The molecule has 0 bridgehead atoms. The van der Waals surface area contributed by atoms with Gasteiger partial charge in [-0.15, -0.1) is 0 Å². The van der Waals surface area contributed by atoms with Gasteiger partial charge in [-0.2, -0.15) is 0 Å². The number of benzene rings is 2. The van der Waals surface area contributed by atoms with E-state index in [1.807, 2.05) is 24.3 Å². The summed E-state index contributed by atoms with van der Waals surface area (Å²) in [5.41, 5.74) is 1.67. The molecule has 2 aromatic carbocycles. The first-order valence-corrected chi connectivity index (χ1v) is 9.60. The molecule has 1 aromatic heterocycles. The largest absolute Gasteiger partial charge is 0.321 e. The molecule has 0 fully saturated rings. The van der Waals surface area contributed by atoms with Gasteiger partial charge in [0.15, 0.2) is 10.9 Å². The number of nitrogens with one attached hydrogen (secondary N) is 1. The Morgan fingerprint density at radius 1 is 1.00 bits per heavy atom. The van der Waals surface area contributed by atoms with Gasteiger partial charge in [-0.05, 0) is 35.9 Å². The highest BCUT2D eigenvalue weighted by molar-refractivity contribution is 7.98. The predicted molar refractivity (Wildman–Crippen MR) is 107 cm³/mol. The lowest BCUT2D eigenvalue weighted by Crippen LogP contribution is -2.15. The minimum atomic E-state index is -0.417. The molecule has 0 saturated heterocycles. The van der Waals surface area contributed by atoms with Gasteiger partial charge in [0.25, 0.3) is 5.91 Å². The summed E-state index contributed by atoms with van der Waals surface area (Å²) in [6, 6.07) is 14.3. The number of carbonyl (C=O) groups is 1. The smallest absolute Gasteiger partial charge is 0.275 e. The Labute approximate surface area is 169 Å². The van der Waals surface area contributed by atoms with Gasteiger partial charge in [-0.1, -0.05) is 64.8 Å². The first-order chi connectivity index (χ1) is 12.5. The van der Waals surface area contributed by atoms with E-state index in [-0.39, 0.29) is 10.7 Å². The van der Waals surface area contributed by atoms with Gasteiger partial charge >= 0.3 is 0 Å². The maximum absolute atomic E-state index is 12.5. The molecule has 3 rings (SSSR count). The number of aromatic nitrogens is 2. The molecule has 1 N–H and O–H groups in total. The SMILES string of the molecule is O=C(Nc1ccc(Cl)cc1)c1nc(SCc2ccccc2Cl)ncc1Cl. The van der Waals surface area contributed by atoms with Crippen LogP contribution >= 0.6 is 46.6 Å². The highest BCUT2D eigenvalue weighted by Gasteiger charge is 2.15. The maximum atomic E-state index is 12.5. The van der Waals surface area contributed by atoms with Crippen molar-refractivity contribution in [2.45, 2.75) is 10.9 Å². The summed E-state index contributed by atoms with van der Waals surface area (Å²) in [6.45, 7) is 0. The van der Waals surface area contributed by atoms with Crippen molar-refractivity contribution in [1.29, 1.82) is 0 Å². The van der Waals surface area contributed by atoms with E-state index >= 15 is 0 Å². The van der Waals surface area contributed by atoms with Crippen LogP contribution < -0.4 is 5.32 Å². The Kier molecular flexibility index (Phi) is 6.38. The standard InChI is InChI=1S/C18H12Cl3N3OS/c19-12-5-7-13(8-6-12)23-17(25)16-15(21)9-22-18(24-16)26-10-11-3-1-2-4-14(11)20/h1-9H,10H2,(H,23,25). The summed E-state index contributed by atoms with van der Waals surface area (Å²) in [4.78, 5) is 20.9. The summed E-state index contributed by atoms with van der Waals surface area (Å²) in [7, 11) is 0. The number of amides is 1. The summed E-state index contributed by atoms with van der Waals surface area (Å²) in [6.07, 6.45) is 1.42. The van der Waals surface area contributed by atoms with Crippen molar-refractivity contribution in [3.63, 3.8) is 0 Å². The molecule has 0 radical (unpaired) electrons. The molecule has 0 aliphatic carbocycles. The zero-order chi connectivity index (χ0) is 18.5. The van der Waals surface area contributed by atoms with Gasteiger partial charge in [0, 0.05) is 21.5 Å². The highest BCUT2D eigenvalue weighted by atomic mass is 35.5. The van der Waals surface area contributed by atoms with E-state index < -0.39 is 5.91 Å². The van der Waals surface area contributed by atoms with E-state index in [9.17, 15) is 4.79 Å². The van der Waals surface area contributed by atoms with Gasteiger partial charge in [-0.25, -0.2) is 9.97 Å². The molecule has 0 saturated carbocycles. The number of hydrogen-bond donors (Lipinski definition) is 1. The lowest BCUT2D eigenvalue weighted by atomic mass is 10.2. The molecule has 132 valence electrons. The third-order valence-electron chi connectivity index (χ3n) is 3.35. The minimum absolute atomic E-state index is 0.110. The van der Waals surface area contributed by atoms with Crippen LogP contribution in [0, 0.1) is 0 Å². The van der Waals surface area contributed by atoms with E-state index in [1.165, 1.54) is 18.0 Å². The molecule has 26 heavy (non-hydrogen) atoms. The van der Waals surface area contributed by atoms with Crippen LogP contribution in [0.5, 0.6) is 0 Å². The quantitative estimate of drug-likeness (QED) is 0.404. The number of rotatable bonds is 5. The fraction of sp³-hybridized carbons (Fsp3) is 0.0556. The van der Waals surface area contributed by atoms with Crippen LogP contribution in [0.3, 0.4) is 0 Å². The average Bonchev–Trinajstić information content (AvgIpc) is 2.64. The van der Waals surface area contributed by atoms with Crippen molar-refractivity contribution >= 4 is 58.2 Å². The number of anilines is 1. The normalized spacial score (nSPS) is 10.6. The van der Waals surface area contributed by atoms with Crippen molar-refractivity contribution in [3.05, 3.63) is 81.1 Å². The summed E-state index contributed by atoms with van der Waals surface area (Å²) in [5, 5.41) is 4.61. The minimum Gasteiger partial charge on any atom is -0.321 e. The summed E-state index contributed by atoms with van der Waals surface area (Å²) < 4.78 is 0. The Morgan fingerprint density at radius 2 is 1.73 bits per heavy atom. The predicted octanol–water partition coefficient (Wildman–Crippen LogP) is 5.98. The molecule has 0 atom stereocenters. The number of carbonyl (C=O) groups excluding carboxylic acids is 1. The van der Waals surface area contributed by atoms with Crippen LogP contribution in [0.25, 0.3) is 0 Å². The van der Waals surface area contributed by atoms with E-state index in [1.54, 1.807) is 24.3 Å². The lowest BCUT2D eigenvalue weighted by molar-refractivity contribution is 0.102. The fourth-order valence-electron chi connectivity index (χ4n) is 2.06. The number of thioether (sulfide) groups is 1. The van der Waals surface area contributed by atoms with Crippen molar-refractivity contribution < 1.29 is 4.79 Å². The second-order valence-corrected chi connectivity index (χ2v) is 7.38. The van der Waals surface area contributed by atoms with Crippen LogP contribution in [0.4, 0.5) is 5.69 Å². The Hall–Kier alpha value is -1.79. The first kappa shape index (κ1) is 19.0. The highest BCUT2D eigenvalue weighted by Crippen LogP contribution is 2.26. The molecular weight excluding hydrogens is 413 g/mol. The zero-order valence-corrected chi connectivity index (χ0v) is 16.3. The fourth-order valence-corrected chi connectivity index (χ4v) is 3.47. The topological polar surface area (TPSA) is 54.9 Å². The van der Waals surface area contributed by atoms with Crippen molar-refractivity contribution in [3.8, 4) is 0 Å². The molecule has 3 aromatic rings. The van der Waals surface area contributed by atoms with E-state index in [2.05, 4.69) is 15.3 Å². The molecule has 1 heterocycles. The molecular formula is C18H12Cl3N3OS. The molecule has 0 aliphatic heterocycles. The van der Waals surface area contributed by atoms with E-state index in [0.717, 1.165) is 5.56 Å². The van der Waals surface area contributed by atoms with Gasteiger partial charge < -0.3 is 5.32 Å². The number of halogens is 3. The Bertz CT molecular complexity index is 935. The van der Waals surface area contributed by atoms with Crippen molar-refractivity contribution in [2.75, 3.05) is 5.32 Å². The summed E-state index contributed by atoms with van der Waals surface area (Å²) >= 11 is 19.5. The molecule has 1 amide bonds. The third kappa shape index (κ3) is 4.89. The van der Waals surface area contributed by atoms with E-state index in [0.29, 0.717) is 26.6 Å². The maximum Gasteiger partial charge on any atom is 0.275 e. The average molecular weight is 425 g/mol. The summed E-state index contributed by atoms with van der Waals surface area (Å²) in [5.74, 6) is 0.166. The second-order valence-electron chi connectivity index (χ2n) is 5.19. The van der Waals surface area contributed by atoms with E-state index in [4.69, 9.17) is 34.8 Å². The molecule has 4 nitrogen and oxygen atoms in total. The number of nitrogens with zero attached hydrogens (tertiary/aromatic N) is 2. The van der Waals surface area contributed by atoms with Gasteiger partial charge in [-0.3, -0.25) is 4.79 Å². The second kappa shape index (κ2) is 8.73. The lowest BCUT2D eigenvalue weighted by Gasteiger charge is -2.08. The Balaban J connectivity index is 1.73. The monoisotopic (exact) mass is 423 g/mol. The van der Waals surface area contributed by atoms with Crippen molar-refractivity contribution in [1.82, 2.24) is 9.97 Å². The van der Waals surface area contributed by atoms with Gasteiger partial charge in [0.1, 0.15) is 0 Å².